The first-order valence-electron chi connectivity index (χ1n) is 8.58. The van der Waals surface area contributed by atoms with Crippen molar-refractivity contribution in [3.63, 3.8) is 0 Å². The summed E-state index contributed by atoms with van der Waals surface area (Å²) in [6.07, 6.45) is -0.651. The van der Waals surface area contributed by atoms with Crippen LogP contribution in [-0.4, -0.2) is 31.8 Å². The van der Waals surface area contributed by atoms with Crippen LogP contribution in [0.2, 0.25) is 0 Å². The maximum absolute atomic E-state index is 12.3. The van der Waals surface area contributed by atoms with Crippen LogP contribution in [0.3, 0.4) is 0 Å². The van der Waals surface area contributed by atoms with Gasteiger partial charge in [-0.05, 0) is 23.6 Å². The second kappa shape index (κ2) is 7.35. The van der Waals surface area contributed by atoms with Gasteiger partial charge in [-0.3, -0.25) is 4.79 Å². The molecule has 1 aliphatic heterocycles. The fourth-order valence-corrected chi connectivity index (χ4v) is 2.92. The quantitative estimate of drug-likeness (QED) is 0.719. The number of carbonyl (C=O) groups excluding carboxylic acids is 1. The van der Waals surface area contributed by atoms with Crippen molar-refractivity contribution < 1.29 is 19.0 Å². The molecule has 0 aromatic heterocycles. The highest BCUT2D eigenvalue weighted by molar-refractivity contribution is 5.88. The number of rotatable bonds is 5. The molecule has 1 heterocycles. The first-order valence-corrected chi connectivity index (χ1v) is 8.58. The molecule has 26 heavy (non-hydrogen) atoms. The third kappa shape index (κ3) is 3.42. The summed E-state index contributed by atoms with van der Waals surface area (Å²) in [6, 6.07) is 21.3. The molecule has 0 spiro atoms. The molecule has 5 heteroatoms. The molecule has 1 amide bonds. The highest BCUT2D eigenvalue weighted by Gasteiger charge is 2.26. The van der Waals surface area contributed by atoms with Gasteiger partial charge in [0.25, 0.3) is 5.91 Å². The largest absolute Gasteiger partial charge is 0.491 e. The molecule has 1 N–H and O–H groups in total. The van der Waals surface area contributed by atoms with Crippen LogP contribution in [0, 0.1) is 0 Å². The van der Waals surface area contributed by atoms with Gasteiger partial charge >= 0.3 is 0 Å². The predicted octanol–water partition coefficient (Wildman–Crippen LogP) is 3.17. The van der Waals surface area contributed by atoms with Crippen LogP contribution in [0.5, 0.6) is 17.2 Å². The maximum atomic E-state index is 12.3. The smallest absolute Gasteiger partial charge is 0.264 e. The molecule has 0 bridgehead atoms. The first kappa shape index (κ1) is 16.3. The van der Waals surface area contributed by atoms with Crippen molar-refractivity contribution >= 4 is 16.7 Å². The van der Waals surface area contributed by atoms with Crippen LogP contribution in [0.4, 0.5) is 0 Å². The average Bonchev–Trinajstić information content (AvgIpc) is 2.70. The summed E-state index contributed by atoms with van der Waals surface area (Å²) >= 11 is 0. The van der Waals surface area contributed by atoms with E-state index in [9.17, 15) is 4.79 Å². The fourth-order valence-electron chi connectivity index (χ4n) is 2.92. The lowest BCUT2D eigenvalue weighted by atomic mass is 10.1. The van der Waals surface area contributed by atoms with Crippen LogP contribution in [0.25, 0.3) is 10.8 Å². The summed E-state index contributed by atoms with van der Waals surface area (Å²) in [5.74, 6) is 1.85. The molecular formula is C21H19NO4. The van der Waals surface area contributed by atoms with Crippen molar-refractivity contribution in [2.75, 3.05) is 19.8 Å². The van der Waals surface area contributed by atoms with E-state index in [1.54, 1.807) is 6.07 Å². The average molecular weight is 349 g/mol. The number of amides is 1. The summed E-state index contributed by atoms with van der Waals surface area (Å²) in [7, 11) is 0. The van der Waals surface area contributed by atoms with Crippen LogP contribution < -0.4 is 19.5 Å². The number of hydrogen-bond donors (Lipinski definition) is 1. The van der Waals surface area contributed by atoms with Crippen LogP contribution >= 0.6 is 0 Å². The fraction of sp³-hybridized carbons (Fsp3) is 0.190. The Morgan fingerprint density at radius 1 is 1.00 bits per heavy atom. The monoisotopic (exact) mass is 349 g/mol. The van der Waals surface area contributed by atoms with Gasteiger partial charge in [0, 0.05) is 5.39 Å². The number of nitrogens with one attached hydrogen (secondary N) is 1. The van der Waals surface area contributed by atoms with Gasteiger partial charge in [-0.2, -0.15) is 0 Å². The van der Waals surface area contributed by atoms with E-state index in [2.05, 4.69) is 5.32 Å². The molecule has 1 aliphatic rings. The highest BCUT2D eigenvalue weighted by atomic mass is 16.6. The third-order valence-corrected chi connectivity index (χ3v) is 4.21. The summed E-state index contributed by atoms with van der Waals surface area (Å²) in [5, 5.41) is 5.02. The van der Waals surface area contributed by atoms with Gasteiger partial charge in [0.1, 0.15) is 19.0 Å². The van der Waals surface area contributed by atoms with Gasteiger partial charge < -0.3 is 19.5 Å². The molecule has 3 aromatic carbocycles. The van der Waals surface area contributed by atoms with Gasteiger partial charge in [-0.1, -0.05) is 48.5 Å². The Kier molecular flexibility index (Phi) is 4.60. The molecule has 132 valence electrons. The third-order valence-electron chi connectivity index (χ3n) is 4.21. The Morgan fingerprint density at radius 2 is 1.77 bits per heavy atom. The van der Waals surface area contributed by atoms with Crippen molar-refractivity contribution in [2.45, 2.75) is 6.10 Å². The Morgan fingerprint density at radius 3 is 2.69 bits per heavy atom. The van der Waals surface area contributed by atoms with E-state index in [4.69, 9.17) is 14.2 Å². The Bertz CT molecular complexity index is 919. The van der Waals surface area contributed by atoms with Crippen LogP contribution in [0.1, 0.15) is 0 Å². The minimum absolute atomic E-state index is 0.201. The van der Waals surface area contributed by atoms with E-state index >= 15 is 0 Å². The number of para-hydroxylation sites is 2. The van der Waals surface area contributed by atoms with E-state index in [1.165, 1.54) is 0 Å². The van der Waals surface area contributed by atoms with Crippen LogP contribution in [-0.2, 0) is 4.79 Å². The summed E-state index contributed by atoms with van der Waals surface area (Å²) in [4.78, 5) is 12.3. The zero-order valence-electron chi connectivity index (χ0n) is 14.2. The standard InChI is InChI=1S/C21H19NO4/c23-21(20-14-25-18-9-3-4-10-19(18)26-20)22-12-13-24-17-11-5-7-15-6-1-2-8-16(15)17/h1-11,20H,12-14H2,(H,22,23)/t20-/m1/s1. The second-order valence-corrected chi connectivity index (χ2v) is 5.98. The van der Waals surface area contributed by atoms with Gasteiger partial charge in [0.15, 0.2) is 11.5 Å². The van der Waals surface area contributed by atoms with E-state index in [0.717, 1.165) is 16.5 Å². The lowest BCUT2D eigenvalue weighted by molar-refractivity contribution is -0.130. The van der Waals surface area contributed by atoms with E-state index in [1.807, 2.05) is 60.7 Å². The lowest BCUT2D eigenvalue weighted by Crippen LogP contribution is -2.45. The molecule has 0 fully saturated rings. The number of ether oxygens (including phenoxy) is 3. The molecule has 0 unspecified atom stereocenters. The molecule has 5 nitrogen and oxygen atoms in total. The van der Waals surface area contributed by atoms with Gasteiger partial charge in [0.2, 0.25) is 6.10 Å². The van der Waals surface area contributed by atoms with Gasteiger partial charge in [-0.15, -0.1) is 0 Å². The minimum atomic E-state index is -0.651. The molecule has 1 atom stereocenters. The first-order chi connectivity index (χ1) is 12.8. The summed E-state index contributed by atoms with van der Waals surface area (Å²) < 4.78 is 17.1. The summed E-state index contributed by atoms with van der Waals surface area (Å²) in [6.45, 7) is 0.973. The number of hydrogen-bond acceptors (Lipinski definition) is 4. The zero-order chi connectivity index (χ0) is 17.8. The van der Waals surface area contributed by atoms with Gasteiger partial charge in [0.05, 0.1) is 6.54 Å². The molecule has 3 aromatic rings. The number of benzene rings is 3. The molecule has 0 aliphatic carbocycles. The minimum Gasteiger partial charge on any atom is -0.491 e. The summed E-state index contributed by atoms with van der Waals surface area (Å²) in [5.41, 5.74) is 0. The predicted molar refractivity (Wildman–Crippen MR) is 98.8 cm³/mol. The molecule has 0 saturated heterocycles. The van der Waals surface area contributed by atoms with Gasteiger partial charge in [-0.25, -0.2) is 0 Å². The van der Waals surface area contributed by atoms with Crippen LogP contribution in [0.15, 0.2) is 66.7 Å². The number of carbonyl (C=O) groups is 1. The van der Waals surface area contributed by atoms with E-state index in [-0.39, 0.29) is 12.5 Å². The van der Waals surface area contributed by atoms with Crippen molar-refractivity contribution in [2.24, 2.45) is 0 Å². The van der Waals surface area contributed by atoms with Crippen molar-refractivity contribution in [3.05, 3.63) is 66.7 Å². The normalized spacial score (nSPS) is 15.5. The van der Waals surface area contributed by atoms with Crippen molar-refractivity contribution in [1.82, 2.24) is 5.32 Å². The zero-order valence-corrected chi connectivity index (χ0v) is 14.2. The topological polar surface area (TPSA) is 56.8 Å². The lowest BCUT2D eigenvalue weighted by Gasteiger charge is -2.25. The Labute approximate surface area is 151 Å². The Hall–Kier alpha value is -3.21. The maximum Gasteiger partial charge on any atom is 0.264 e. The van der Waals surface area contributed by atoms with E-state index in [0.29, 0.717) is 24.7 Å². The Balaban J connectivity index is 1.29. The van der Waals surface area contributed by atoms with Crippen molar-refractivity contribution in [1.29, 1.82) is 0 Å². The van der Waals surface area contributed by atoms with E-state index < -0.39 is 6.10 Å². The number of fused-ring (bicyclic) bond motifs is 2. The second-order valence-electron chi connectivity index (χ2n) is 5.98. The molecular weight excluding hydrogens is 330 g/mol. The molecule has 0 saturated carbocycles. The van der Waals surface area contributed by atoms with Crippen molar-refractivity contribution in [3.8, 4) is 17.2 Å². The highest BCUT2D eigenvalue weighted by Crippen LogP contribution is 2.30. The SMILES string of the molecule is O=C(NCCOc1cccc2ccccc12)[C@H]1COc2ccccc2O1. The molecule has 4 rings (SSSR count). The molecule has 0 radical (unpaired) electrons.